The van der Waals surface area contributed by atoms with Gasteiger partial charge in [-0.3, -0.25) is 4.79 Å². The molecule has 2 heterocycles. The molecule has 2 N–H and O–H groups in total. The lowest BCUT2D eigenvalue weighted by Gasteiger charge is -2.21. The summed E-state index contributed by atoms with van der Waals surface area (Å²) in [6.45, 7) is 1.56. The van der Waals surface area contributed by atoms with Crippen LogP contribution in [-0.2, 0) is 11.0 Å². The average molecular weight is 451 g/mol. The Kier molecular flexibility index (Phi) is 6.03. The summed E-state index contributed by atoms with van der Waals surface area (Å²) in [5.41, 5.74) is -0.621. The molecule has 1 fully saturated rings. The molecule has 1 unspecified atom stereocenters. The van der Waals surface area contributed by atoms with Gasteiger partial charge in [-0.1, -0.05) is 37.0 Å². The molecule has 7 nitrogen and oxygen atoms in total. The maximum Gasteiger partial charge on any atom is 0.419 e. The van der Waals surface area contributed by atoms with E-state index >= 15 is 0 Å². The zero-order chi connectivity index (χ0) is 22.0. The molecule has 4 rings (SSSR count). The maximum absolute atomic E-state index is 13.9. The molecule has 0 bridgehead atoms. The molecule has 0 spiro atoms. The van der Waals surface area contributed by atoms with E-state index in [-0.39, 0.29) is 11.6 Å². The van der Waals surface area contributed by atoms with Crippen LogP contribution < -0.4 is 10.00 Å². The number of anilines is 1. The number of hydrogen-bond acceptors (Lipinski definition) is 5. The minimum Gasteiger partial charge on any atom is -0.301 e. The van der Waals surface area contributed by atoms with Gasteiger partial charge in [0.25, 0.3) is 0 Å². The minimum atomic E-state index is -4.61. The lowest BCUT2D eigenvalue weighted by atomic mass is 9.86. The number of rotatable bonds is 6. The van der Waals surface area contributed by atoms with Gasteiger partial charge in [0.05, 0.1) is 11.5 Å². The van der Waals surface area contributed by atoms with Crippen molar-refractivity contribution >= 4 is 22.4 Å². The van der Waals surface area contributed by atoms with E-state index in [1.165, 1.54) is 22.1 Å². The van der Waals surface area contributed by atoms with E-state index in [1.54, 1.807) is 24.6 Å². The van der Waals surface area contributed by atoms with E-state index in [4.69, 9.17) is 0 Å². The third-order valence-electron chi connectivity index (χ3n) is 5.66. The number of amides is 1. The van der Waals surface area contributed by atoms with Crippen LogP contribution in [0.1, 0.15) is 55.0 Å². The van der Waals surface area contributed by atoms with Gasteiger partial charge < -0.3 is 5.32 Å². The fourth-order valence-corrected chi connectivity index (χ4v) is 4.66. The van der Waals surface area contributed by atoms with E-state index < -0.39 is 17.7 Å². The molecular weight excluding hydrogens is 429 g/mol. The Hall–Kier alpha value is -2.82. The van der Waals surface area contributed by atoms with Crippen LogP contribution in [0, 0.1) is 12.8 Å². The zero-order valence-electron chi connectivity index (χ0n) is 16.8. The lowest BCUT2D eigenvalue weighted by Crippen LogP contribution is -2.38. The van der Waals surface area contributed by atoms with Crippen LogP contribution in [0.25, 0.3) is 5.69 Å². The number of hydrogen-bond donors (Lipinski definition) is 2. The Morgan fingerprint density at radius 1 is 1.35 bits per heavy atom. The first-order chi connectivity index (χ1) is 14.8. The summed E-state index contributed by atoms with van der Waals surface area (Å²) in [4.78, 5) is 17.1. The molecule has 0 aliphatic heterocycles. The smallest absolute Gasteiger partial charge is 0.301 e. The molecule has 1 atom stereocenters. The molecule has 3 aromatic rings. The third kappa shape index (κ3) is 4.76. The van der Waals surface area contributed by atoms with Gasteiger partial charge in [0.15, 0.2) is 10.3 Å². The molecule has 0 radical (unpaired) electrons. The fourth-order valence-electron chi connectivity index (χ4n) is 4.13. The summed E-state index contributed by atoms with van der Waals surface area (Å²) in [5.74, 6) is -0.431. The van der Waals surface area contributed by atoms with Crippen molar-refractivity contribution in [1.29, 1.82) is 0 Å². The van der Waals surface area contributed by atoms with Crippen LogP contribution in [-0.4, -0.2) is 26.4 Å². The zero-order valence-corrected chi connectivity index (χ0v) is 17.6. The minimum absolute atomic E-state index is 0.112. The molecule has 11 heteroatoms. The first-order valence-corrected chi connectivity index (χ1v) is 10.9. The highest BCUT2D eigenvalue weighted by atomic mass is 32.1. The molecule has 1 saturated carbocycles. The standard InChI is InChI=1S/C20H21F3N6OS/c1-12-26-27-28-29(12)17-7-6-14(11-16(17)20(21,22)23)15(10-13-4-2-3-5-13)18(30)25-19-24-8-9-31-19/h6-9,11,13,15H,2-5,10H2,1H3,(H,24,25,30)/p+1. The van der Waals surface area contributed by atoms with E-state index in [1.807, 2.05) is 0 Å². The summed E-state index contributed by atoms with van der Waals surface area (Å²) in [5, 5.41) is 14.7. The Bertz CT molecular complexity index is 1040. The first kappa shape index (κ1) is 21.4. The van der Waals surface area contributed by atoms with Gasteiger partial charge in [0.1, 0.15) is 10.8 Å². The third-order valence-corrected chi connectivity index (χ3v) is 6.34. The van der Waals surface area contributed by atoms with Crippen LogP contribution in [0.2, 0.25) is 0 Å². The van der Waals surface area contributed by atoms with Crippen molar-refractivity contribution in [3.05, 3.63) is 46.7 Å². The van der Waals surface area contributed by atoms with Gasteiger partial charge in [0, 0.05) is 18.5 Å². The molecule has 31 heavy (non-hydrogen) atoms. The molecule has 1 aliphatic carbocycles. The monoisotopic (exact) mass is 451 g/mol. The second kappa shape index (κ2) is 8.74. The van der Waals surface area contributed by atoms with Gasteiger partial charge in [0.2, 0.25) is 5.91 Å². The molecule has 1 aromatic carbocycles. The summed E-state index contributed by atoms with van der Waals surface area (Å²) < 4.78 is 43.0. The summed E-state index contributed by atoms with van der Waals surface area (Å²) in [6, 6.07) is 4.02. The number of H-pyrrole nitrogens is 1. The number of aromatic nitrogens is 5. The molecular formula is C20H22F3N6OS+. The number of carbonyl (C=O) groups is 1. The highest BCUT2D eigenvalue weighted by Gasteiger charge is 2.38. The second-order valence-electron chi connectivity index (χ2n) is 7.72. The molecule has 1 amide bonds. The molecule has 0 saturated heterocycles. The van der Waals surface area contributed by atoms with Crippen LogP contribution in [0.3, 0.4) is 0 Å². The van der Waals surface area contributed by atoms with Crippen molar-refractivity contribution in [2.24, 2.45) is 5.92 Å². The number of tetrazole rings is 1. The Morgan fingerprint density at radius 2 is 2.13 bits per heavy atom. The van der Waals surface area contributed by atoms with Crippen LogP contribution in [0.4, 0.5) is 18.3 Å². The number of aromatic amines is 1. The summed E-state index contributed by atoms with van der Waals surface area (Å²) >= 11 is 1.27. The fraction of sp³-hybridized carbons (Fsp3) is 0.450. The molecule has 2 aromatic heterocycles. The van der Waals surface area contributed by atoms with E-state index in [0.717, 1.165) is 31.7 Å². The van der Waals surface area contributed by atoms with Gasteiger partial charge in [-0.15, -0.1) is 16.0 Å². The number of carbonyl (C=O) groups excluding carboxylic acids is 1. The van der Waals surface area contributed by atoms with Crippen molar-refractivity contribution in [2.45, 2.75) is 51.1 Å². The summed E-state index contributed by atoms with van der Waals surface area (Å²) in [7, 11) is 0. The Morgan fingerprint density at radius 3 is 2.74 bits per heavy atom. The number of alkyl halides is 3. The maximum atomic E-state index is 13.9. The highest BCUT2D eigenvalue weighted by Crippen LogP contribution is 2.38. The predicted molar refractivity (Wildman–Crippen MR) is 108 cm³/mol. The van der Waals surface area contributed by atoms with Crippen LogP contribution in [0.15, 0.2) is 29.8 Å². The van der Waals surface area contributed by atoms with Gasteiger partial charge in [-0.25, -0.2) is 4.98 Å². The average Bonchev–Trinajstić information content (AvgIpc) is 3.48. The van der Waals surface area contributed by atoms with E-state index in [0.29, 0.717) is 28.9 Å². The van der Waals surface area contributed by atoms with Crippen molar-refractivity contribution < 1.29 is 22.6 Å². The SMILES string of the molecule is Cc1nn[nH][n+]1-c1ccc(C(CC2CCCC2)C(=O)Nc2nccs2)cc1C(F)(F)F. The summed E-state index contributed by atoms with van der Waals surface area (Å²) in [6.07, 6.45) is 1.61. The predicted octanol–water partition coefficient (Wildman–Crippen LogP) is 4.17. The van der Waals surface area contributed by atoms with Crippen molar-refractivity contribution in [1.82, 2.24) is 20.5 Å². The number of thiazole rings is 1. The highest BCUT2D eigenvalue weighted by molar-refractivity contribution is 7.13. The topological polar surface area (TPSA) is 87.4 Å². The van der Waals surface area contributed by atoms with Crippen LogP contribution in [0.5, 0.6) is 0 Å². The van der Waals surface area contributed by atoms with E-state index in [2.05, 4.69) is 25.8 Å². The van der Waals surface area contributed by atoms with Crippen molar-refractivity contribution in [3.8, 4) is 5.69 Å². The number of aryl methyl sites for hydroxylation is 1. The largest absolute Gasteiger partial charge is 0.419 e. The first-order valence-electron chi connectivity index (χ1n) is 10.0. The van der Waals surface area contributed by atoms with Crippen LogP contribution >= 0.6 is 11.3 Å². The normalized spacial score (nSPS) is 15.9. The second-order valence-corrected chi connectivity index (χ2v) is 8.62. The Balaban J connectivity index is 1.72. The number of halogens is 3. The number of nitrogens with zero attached hydrogens (tertiary/aromatic N) is 4. The van der Waals surface area contributed by atoms with Gasteiger partial charge >= 0.3 is 12.0 Å². The molecule has 1 aliphatic rings. The van der Waals surface area contributed by atoms with Crippen molar-refractivity contribution in [3.63, 3.8) is 0 Å². The number of nitrogens with one attached hydrogen (secondary N) is 2. The quantitative estimate of drug-likeness (QED) is 0.551. The number of benzene rings is 1. The van der Waals surface area contributed by atoms with E-state index in [9.17, 15) is 18.0 Å². The molecule has 164 valence electrons. The lowest BCUT2D eigenvalue weighted by molar-refractivity contribution is -0.667. The van der Waals surface area contributed by atoms with Gasteiger partial charge in [-0.2, -0.15) is 13.2 Å². The van der Waals surface area contributed by atoms with Gasteiger partial charge in [-0.05, 0) is 30.0 Å². The van der Waals surface area contributed by atoms with Crippen molar-refractivity contribution in [2.75, 3.05) is 5.32 Å². The Labute approximate surface area is 180 Å².